The van der Waals surface area contributed by atoms with E-state index in [1.54, 1.807) is 0 Å². The summed E-state index contributed by atoms with van der Waals surface area (Å²) in [7, 11) is -1.23. The molecule has 0 aliphatic carbocycles. The van der Waals surface area contributed by atoms with Crippen LogP contribution >= 0.6 is 23.2 Å². The molecule has 1 aromatic heterocycles. The van der Waals surface area contributed by atoms with Crippen molar-refractivity contribution < 1.29 is 18.0 Å². The fourth-order valence-electron chi connectivity index (χ4n) is 1.72. The molecule has 2 aromatic rings. The quantitative estimate of drug-likeness (QED) is 0.627. The van der Waals surface area contributed by atoms with E-state index in [2.05, 4.69) is 15.1 Å². The van der Waals surface area contributed by atoms with Crippen molar-refractivity contribution in [3.8, 4) is 0 Å². The van der Waals surface area contributed by atoms with Crippen LogP contribution in [0.1, 0.15) is 10.5 Å². The molecule has 0 saturated heterocycles. The first-order chi connectivity index (χ1) is 11.3. The maximum Gasteiger partial charge on any atom is 0.275 e. The lowest BCUT2D eigenvalue weighted by Gasteiger charge is -2.14. The predicted molar refractivity (Wildman–Crippen MR) is 90.6 cm³/mol. The number of amides is 1. The Hall–Kier alpha value is -1.71. The maximum absolute atomic E-state index is 12.2. The standard InChI is InChI=1S/C14H13Cl2N3O4S/c1-19(23-2)24(21,22)10-5-3-9(4-6-10)17-14(20)13-11(15)7-8-12(16)18-13/h3-8H,1-2H3,(H,17,20). The second-order valence-corrected chi connectivity index (χ2v) is 7.27. The van der Waals surface area contributed by atoms with Crippen LogP contribution in [0, 0.1) is 0 Å². The monoisotopic (exact) mass is 389 g/mol. The van der Waals surface area contributed by atoms with E-state index in [1.807, 2.05) is 0 Å². The van der Waals surface area contributed by atoms with Gasteiger partial charge in [-0.3, -0.25) is 9.63 Å². The zero-order valence-corrected chi connectivity index (χ0v) is 15.0. The number of halogens is 2. The van der Waals surface area contributed by atoms with Gasteiger partial charge >= 0.3 is 0 Å². The molecule has 1 amide bonds. The van der Waals surface area contributed by atoms with Gasteiger partial charge in [0, 0.05) is 12.7 Å². The average molecular weight is 390 g/mol. The van der Waals surface area contributed by atoms with E-state index in [-0.39, 0.29) is 20.8 Å². The van der Waals surface area contributed by atoms with Crippen LogP contribution in [-0.4, -0.2) is 37.9 Å². The predicted octanol–water partition coefficient (Wildman–Crippen LogP) is 2.82. The van der Waals surface area contributed by atoms with E-state index in [0.717, 1.165) is 4.47 Å². The highest BCUT2D eigenvalue weighted by atomic mass is 35.5. The number of nitrogens with one attached hydrogen (secondary N) is 1. The van der Waals surface area contributed by atoms with Gasteiger partial charge in [0.05, 0.1) is 17.0 Å². The number of nitrogens with zero attached hydrogens (tertiary/aromatic N) is 2. The minimum atomic E-state index is -3.75. The minimum Gasteiger partial charge on any atom is -0.321 e. The number of sulfonamides is 1. The molecule has 1 heterocycles. The molecule has 2 rings (SSSR count). The topological polar surface area (TPSA) is 88.6 Å². The molecule has 0 aliphatic heterocycles. The molecule has 0 unspecified atom stereocenters. The maximum atomic E-state index is 12.2. The second kappa shape index (κ2) is 7.45. The Morgan fingerprint density at radius 3 is 2.38 bits per heavy atom. The summed E-state index contributed by atoms with van der Waals surface area (Å²) in [4.78, 5) is 20.7. The third-order valence-electron chi connectivity index (χ3n) is 3.03. The van der Waals surface area contributed by atoms with E-state index >= 15 is 0 Å². The Balaban J connectivity index is 2.20. The Morgan fingerprint density at radius 2 is 1.79 bits per heavy atom. The highest BCUT2D eigenvalue weighted by Crippen LogP contribution is 2.20. The fraction of sp³-hybridized carbons (Fsp3) is 0.143. The molecule has 0 radical (unpaired) electrons. The molecule has 7 nitrogen and oxygen atoms in total. The molecule has 0 fully saturated rings. The van der Waals surface area contributed by atoms with Crippen molar-refractivity contribution in [1.82, 2.24) is 9.45 Å². The first-order valence-corrected chi connectivity index (χ1v) is 8.72. The molecule has 0 saturated carbocycles. The van der Waals surface area contributed by atoms with Crippen molar-refractivity contribution in [3.05, 3.63) is 52.3 Å². The van der Waals surface area contributed by atoms with Crippen LogP contribution in [0.15, 0.2) is 41.3 Å². The molecule has 24 heavy (non-hydrogen) atoms. The lowest BCUT2D eigenvalue weighted by Crippen LogP contribution is -2.25. The zero-order chi connectivity index (χ0) is 17.9. The van der Waals surface area contributed by atoms with Gasteiger partial charge in [-0.1, -0.05) is 27.7 Å². The Labute approximate surface area is 149 Å². The van der Waals surface area contributed by atoms with Crippen molar-refractivity contribution in [2.45, 2.75) is 4.90 Å². The van der Waals surface area contributed by atoms with Gasteiger partial charge in [-0.25, -0.2) is 13.4 Å². The van der Waals surface area contributed by atoms with Gasteiger partial charge in [-0.05, 0) is 36.4 Å². The minimum absolute atomic E-state index is 0.0174. The van der Waals surface area contributed by atoms with E-state index in [0.29, 0.717) is 5.69 Å². The summed E-state index contributed by atoms with van der Waals surface area (Å²) in [6.07, 6.45) is 0. The number of benzene rings is 1. The lowest BCUT2D eigenvalue weighted by atomic mass is 10.3. The van der Waals surface area contributed by atoms with Gasteiger partial charge in [0.15, 0.2) is 0 Å². The summed E-state index contributed by atoms with van der Waals surface area (Å²) in [5, 5.41) is 2.85. The van der Waals surface area contributed by atoms with Crippen molar-refractivity contribution in [2.24, 2.45) is 0 Å². The molecule has 0 atom stereocenters. The molecular formula is C14H13Cl2N3O4S. The smallest absolute Gasteiger partial charge is 0.275 e. The van der Waals surface area contributed by atoms with Gasteiger partial charge in [-0.2, -0.15) is 0 Å². The van der Waals surface area contributed by atoms with Crippen molar-refractivity contribution in [3.63, 3.8) is 0 Å². The third-order valence-corrected chi connectivity index (χ3v) is 5.24. The molecule has 0 spiro atoms. The van der Waals surface area contributed by atoms with Crippen LogP contribution in [0.5, 0.6) is 0 Å². The van der Waals surface area contributed by atoms with E-state index in [9.17, 15) is 13.2 Å². The number of rotatable bonds is 5. The van der Waals surface area contributed by atoms with Gasteiger partial charge in [0.1, 0.15) is 10.8 Å². The van der Waals surface area contributed by atoms with Gasteiger partial charge in [-0.15, -0.1) is 0 Å². The van der Waals surface area contributed by atoms with Gasteiger partial charge in [0.2, 0.25) is 0 Å². The highest BCUT2D eigenvalue weighted by Gasteiger charge is 2.20. The van der Waals surface area contributed by atoms with E-state index in [1.165, 1.54) is 50.6 Å². The highest BCUT2D eigenvalue weighted by molar-refractivity contribution is 7.89. The molecule has 0 bridgehead atoms. The SMILES string of the molecule is CON(C)S(=O)(=O)c1ccc(NC(=O)c2nc(Cl)ccc2Cl)cc1. The van der Waals surface area contributed by atoms with Crippen LogP contribution in [0.2, 0.25) is 10.2 Å². The van der Waals surface area contributed by atoms with Crippen molar-refractivity contribution in [1.29, 1.82) is 0 Å². The summed E-state index contributed by atoms with van der Waals surface area (Å²) in [5.74, 6) is -0.563. The van der Waals surface area contributed by atoms with Gasteiger partial charge < -0.3 is 5.32 Å². The van der Waals surface area contributed by atoms with Crippen molar-refractivity contribution >= 4 is 44.8 Å². The van der Waals surface area contributed by atoms with Crippen LogP contribution in [0.3, 0.4) is 0 Å². The second-order valence-electron chi connectivity index (χ2n) is 4.54. The van der Waals surface area contributed by atoms with Crippen LogP contribution in [0.25, 0.3) is 0 Å². The number of hydroxylamine groups is 1. The zero-order valence-electron chi connectivity index (χ0n) is 12.7. The Kier molecular flexibility index (Phi) is 5.79. The summed E-state index contributed by atoms with van der Waals surface area (Å²) in [6, 6.07) is 8.48. The lowest BCUT2D eigenvalue weighted by molar-refractivity contribution is -0.0258. The average Bonchev–Trinajstić information content (AvgIpc) is 2.56. The summed E-state index contributed by atoms with van der Waals surface area (Å²) in [6.45, 7) is 0. The van der Waals surface area contributed by atoms with Crippen LogP contribution in [-0.2, 0) is 14.9 Å². The first kappa shape index (κ1) is 18.6. The molecule has 10 heteroatoms. The fourth-order valence-corrected chi connectivity index (χ4v) is 3.04. The molecule has 1 aromatic carbocycles. The van der Waals surface area contributed by atoms with E-state index < -0.39 is 15.9 Å². The number of aromatic nitrogens is 1. The number of carbonyl (C=O) groups excluding carboxylic acids is 1. The largest absolute Gasteiger partial charge is 0.321 e. The molecule has 128 valence electrons. The van der Waals surface area contributed by atoms with E-state index in [4.69, 9.17) is 23.2 Å². The number of carbonyl (C=O) groups is 1. The Bertz CT molecular complexity index is 857. The Morgan fingerprint density at radius 1 is 1.17 bits per heavy atom. The number of pyridine rings is 1. The summed E-state index contributed by atoms with van der Waals surface area (Å²) in [5.41, 5.74) is 0.344. The number of anilines is 1. The first-order valence-electron chi connectivity index (χ1n) is 6.52. The van der Waals surface area contributed by atoms with Crippen molar-refractivity contribution in [2.75, 3.05) is 19.5 Å². The summed E-state index contributed by atoms with van der Waals surface area (Å²) >= 11 is 11.7. The number of hydrogen-bond donors (Lipinski definition) is 1. The van der Waals surface area contributed by atoms with Crippen LogP contribution in [0.4, 0.5) is 5.69 Å². The number of hydrogen-bond acceptors (Lipinski definition) is 5. The van der Waals surface area contributed by atoms with Crippen LogP contribution < -0.4 is 5.32 Å². The third kappa shape index (κ3) is 4.03. The normalized spacial score (nSPS) is 11.5. The summed E-state index contributed by atoms with van der Waals surface area (Å²) < 4.78 is 24.9. The molecule has 0 aliphatic rings. The van der Waals surface area contributed by atoms with Gasteiger partial charge in [0.25, 0.3) is 15.9 Å². The molecular weight excluding hydrogens is 377 g/mol. The molecule has 1 N–H and O–H groups in total.